The van der Waals surface area contributed by atoms with Crippen LogP contribution in [-0.4, -0.2) is 30.0 Å². The summed E-state index contributed by atoms with van der Waals surface area (Å²) in [5.41, 5.74) is 0.857. The van der Waals surface area contributed by atoms with Gasteiger partial charge in [-0.25, -0.2) is 0 Å². The molecule has 1 aromatic rings. The Morgan fingerprint density at radius 3 is 2.68 bits per heavy atom. The van der Waals surface area contributed by atoms with Crippen molar-refractivity contribution >= 4 is 23.4 Å². The Kier molecular flexibility index (Phi) is 5.73. The minimum atomic E-state index is -0.144. The molecule has 1 atom stereocenters. The number of benzene rings is 1. The van der Waals surface area contributed by atoms with E-state index in [4.69, 9.17) is 0 Å². The number of carbonyl (C=O) groups excluding carboxylic acids is 1. The molecule has 2 rings (SSSR count). The Morgan fingerprint density at radius 1 is 1.32 bits per heavy atom. The summed E-state index contributed by atoms with van der Waals surface area (Å²) in [6.45, 7) is 2.87. The fourth-order valence-corrected chi connectivity index (χ4v) is 3.36. The van der Waals surface area contributed by atoms with Crippen LogP contribution in [0.25, 0.3) is 0 Å². The SMILES string of the molecule is CC(NCC1CCSCC1)C(=O)Nc1ccccc1. The van der Waals surface area contributed by atoms with Crippen LogP contribution >= 0.6 is 11.8 Å². The highest BCUT2D eigenvalue weighted by Crippen LogP contribution is 2.21. The van der Waals surface area contributed by atoms with Crippen molar-refractivity contribution in [3.8, 4) is 0 Å². The fourth-order valence-electron chi connectivity index (χ4n) is 2.16. The number of carbonyl (C=O) groups is 1. The first-order chi connectivity index (χ1) is 9.25. The molecule has 1 aromatic carbocycles. The highest BCUT2D eigenvalue weighted by atomic mass is 32.2. The first kappa shape index (κ1) is 14.4. The molecule has 1 saturated heterocycles. The molecule has 0 saturated carbocycles. The molecule has 0 aliphatic carbocycles. The predicted molar refractivity (Wildman–Crippen MR) is 82.6 cm³/mol. The Bertz CT molecular complexity index is 390. The summed E-state index contributed by atoms with van der Waals surface area (Å²) in [4.78, 5) is 12.0. The van der Waals surface area contributed by atoms with E-state index in [1.54, 1.807) is 0 Å². The molecular weight excluding hydrogens is 256 g/mol. The van der Waals surface area contributed by atoms with Gasteiger partial charge < -0.3 is 10.6 Å². The van der Waals surface area contributed by atoms with Crippen LogP contribution in [0.5, 0.6) is 0 Å². The van der Waals surface area contributed by atoms with E-state index < -0.39 is 0 Å². The lowest BCUT2D eigenvalue weighted by molar-refractivity contribution is -0.117. The molecule has 1 fully saturated rings. The van der Waals surface area contributed by atoms with Crippen LogP contribution in [0.15, 0.2) is 30.3 Å². The third kappa shape index (κ3) is 4.88. The Morgan fingerprint density at radius 2 is 2.00 bits per heavy atom. The van der Waals surface area contributed by atoms with Gasteiger partial charge >= 0.3 is 0 Å². The molecule has 1 heterocycles. The van der Waals surface area contributed by atoms with Gasteiger partial charge in [-0.05, 0) is 55.9 Å². The Balaban J connectivity index is 1.73. The van der Waals surface area contributed by atoms with Crippen molar-refractivity contribution in [2.45, 2.75) is 25.8 Å². The standard InChI is InChI=1S/C15H22N2OS/c1-12(16-11-13-7-9-19-10-8-13)15(18)17-14-5-3-2-4-6-14/h2-6,12-13,16H,7-11H2,1H3,(H,17,18). The predicted octanol–water partition coefficient (Wildman–Crippen LogP) is 2.75. The van der Waals surface area contributed by atoms with E-state index in [0.29, 0.717) is 0 Å². The van der Waals surface area contributed by atoms with Crippen LogP contribution < -0.4 is 10.6 Å². The zero-order valence-corrected chi connectivity index (χ0v) is 12.2. The molecule has 1 aliphatic heterocycles. The molecule has 3 nitrogen and oxygen atoms in total. The second-order valence-electron chi connectivity index (χ2n) is 5.04. The number of rotatable bonds is 5. The van der Waals surface area contributed by atoms with Crippen LogP contribution in [0.4, 0.5) is 5.69 Å². The Hall–Kier alpha value is -1.00. The maximum Gasteiger partial charge on any atom is 0.241 e. The van der Waals surface area contributed by atoms with Crippen LogP contribution in [0.3, 0.4) is 0 Å². The van der Waals surface area contributed by atoms with Crippen molar-refractivity contribution in [1.29, 1.82) is 0 Å². The lowest BCUT2D eigenvalue weighted by Crippen LogP contribution is -2.41. The van der Waals surface area contributed by atoms with Crippen molar-refractivity contribution in [3.05, 3.63) is 30.3 Å². The van der Waals surface area contributed by atoms with Gasteiger partial charge in [0.1, 0.15) is 0 Å². The van der Waals surface area contributed by atoms with Gasteiger partial charge in [-0.3, -0.25) is 4.79 Å². The van der Waals surface area contributed by atoms with Gasteiger partial charge in [0.05, 0.1) is 6.04 Å². The molecule has 104 valence electrons. The maximum atomic E-state index is 12.0. The summed E-state index contributed by atoms with van der Waals surface area (Å²) >= 11 is 2.03. The second-order valence-corrected chi connectivity index (χ2v) is 6.27. The van der Waals surface area contributed by atoms with Crippen LogP contribution in [0, 0.1) is 5.92 Å². The lowest BCUT2D eigenvalue weighted by Gasteiger charge is -2.23. The van der Waals surface area contributed by atoms with E-state index in [1.807, 2.05) is 49.0 Å². The number of para-hydroxylation sites is 1. The molecule has 1 aliphatic rings. The smallest absolute Gasteiger partial charge is 0.241 e. The summed E-state index contributed by atoms with van der Waals surface area (Å²) < 4.78 is 0. The quantitative estimate of drug-likeness (QED) is 0.870. The van der Waals surface area contributed by atoms with Gasteiger partial charge in [0, 0.05) is 5.69 Å². The number of hydrogen-bond acceptors (Lipinski definition) is 3. The zero-order chi connectivity index (χ0) is 13.5. The number of thioether (sulfide) groups is 1. The van der Waals surface area contributed by atoms with Gasteiger partial charge in [0.25, 0.3) is 0 Å². The minimum absolute atomic E-state index is 0.0383. The molecule has 0 bridgehead atoms. The summed E-state index contributed by atoms with van der Waals surface area (Å²) in [7, 11) is 0. The fraction of sp³-hybridized carbons (Fsp3) is 0.533. The van der Waals surface area contributed by atoms with Gasteiger partial charge in [0.15, 0.2) is 0 Å². The van der Waals surface area contributed by atoms with Crippen LogP contribution in [-0.2, 0) is 4.79 Å². The van der Waals surface area contributed by atoms with Gasteiger partial charge in [-0.1, -0.05) is 18.2 Å². The molecule has 1 amide bonds. The first-order valence-corrected chi connectivity index (χ1v) is 8.08. The lowest BCUT2D eigenvalue weighted by atomic mass is 10.0. The van der Waals surface area contributed by atoms with Crippen molar-refractivity contribution in [3.63, 3.8) is 0 Å². The number of hydrogen-bond donors (Lipinski definition) is 2. The molecule has 4 heteroatoms. The topological polar surface area (TPSA) is 41.1 Å². The number of amides is 1. The Labute approximate surface area is 119 Å². The summed E-state index contributed by atoms with van der Waals surface area (Å²) in [6, 6.07) is 9.46. The van der Waals surface area contributed by atoms with E-state index in [0.717, 1.165) is 18.2 Å². The van der Waals surface area contributed by atoms with Crippen molar-refractivity contribution in [1.82, 2.24) is 5.32 Å². The summed E-state index contributed by atoms with van der Waals surface area (Å²) in [6.07, 6.45) is 2.54. The van der Waals surface area contributed by atoms with E-state index in [1.165, 1.54) is 24.3 Å². The molecule has 1 unspecified atom stereocenters. The van der Waals surface area contributed by atoms with E-state index in [-0.39, 0.29) is 11.9 Å². The van der Waals surface area contributed by atoms with Crippen molar-refractivity contribution in [2.75, 3.05) is 23.4 Å². The molecule has 0 aromatic heterocycles. The monoisotopic (exact) mass is 278 g/mol. The molecule has 19 heavy (non-hydrogen) atoms. The molecule has 0 spiro atoms. The largest absolute Gasteiger partial charge is 0.325 e. The highest BCUT2D eigenvalue weighted by Gasteiger charge is 2.17. The average Bonchev–Trinajstić information content (AvgIpc) is 2.47. The van der Waals surface area contributed by atoms with E-state index >= 15 is 0 Å². The molecule has 2 N–H and O–H groups in total. The second kappa shape index (κ2) is 7.56. The zero-order valence-electron chi connectivity index (χ0n) is 11.4. The van der Waals surface area contributed by atoms with Gasteiger partial charge in [-0.2, -0.15) is 11.8 Å². The van der Waals surface area contributed by atoms with Crippen molar-refractivity contribution in [2.24, 2.45) is 5.92 Å². The van der Waals surface area contributed by atoms with E-state index in [9.17, 15) is 4.79 Å². The summed E-state index contributed by atoms with van der Waals surface area (Å²) in [5.74, 6) is 3.29. The van der Waals surface area contributed by atoms with E-state index in [2.05, 4.69) is 10.6 Å². The molecular formula is C15H22N2OS. The third-order valence-electron chi connectivity index (χ3n) is 3.49. The normalized spacial score (nSPS) is 17.9. The number of nitrogens with one attached hydrogen (secondary N) is 2. The van der Waals surface area contributed by atoms with Gasteiger partial charge in [-0.15, -0.1) is 0 Å². The third-order valence-corrected chi connectivity index (χ3v) is 4.54. The maximum absolute atomic E-state index is 12.0. The minimum Gasteiger partial charge on any atom is -0.325 e. The van der Waals surface area contributed by atoms with Gasteiger partial charge in [0.2, 0.25) is 5.91 Å². The number of anilines is 1. The summed E-state index contributed by atoms with van der Waals surface area (Å²) in [5, 5.41) is 6.27. The van der Waals surface area contributed by atoms with Crippen LogP contribution in [0.1, 0.15) is 19.8 Å². The van der Waals surface area contributed by atoms with Crippen LogP contribution in [0.2, 0.25) is 0 Å². The van der Waals surface area contributed by atoms with Crippen molar-refractivity contribution < 1.29 is 4.79 Å². The first-order valence-electron chi connectivity index (χ1n) is 6.93. The highest BCUT2D eigenvalue weighted by molar-refractivity contribution is 7.99. The average molecular weight is 278 g/mol. The molecule has 0 radical (unpaired) electrons.